The van der Waals surface area contributed by atoms with Gasteiger partial charge in [-0.15, -0.1) is 0 Å². The number of ketones is 1. The summed E-state index contributed by atoms with van der Waals surface area (Å²) in [4.78, 5) is 32.6. The molecule has 2 aliphatic rings. The van der Waals surface area contributed by atoms with Crippen LogP contribution in [0, 0.1) is 0 Å². The van der Waals surface area contributed by atoms with Crippen LogP contribution in [0.15, 0.2) is 66.2 Å². The van der Waals surface area contributed by atoms with Gasteiger partial charge in [-0.2, -0.15) is 0 Å². The summed E-state index contributed by atoms with van der Waals surface area (Å²) in [5.41, 5.74) is 2.48. The molecule has 7 nitrogen and oxygen atoms in total. The zero-order valence-electron chi connectivity index (χ0n) is 18.9. The fourth-order valence-electron chi connectivity index (χ4n) is 4.72. The lowest BCUT2D eigenvalue weighted by molar-refractivity contribution is -0.132. The maximum absolute atomic E-state index is 13.4. The minimum absolute atomic E-state index is 0.0208. The number of phenolic OH excluding ortho intramolecular Hbond substituents is 1. The van der Waals surface area contributed by atoms with Crippen molar-refractivity contribution in [2.45, 2.75) is 25.5 Å². The SMILES string of the molecule is CC1Cc2cc(/C(O)=C3\C(=O)C(=O)N(c4nc5ccc(Cl)cc5s4)C3c3ccc(O)cc3)ccc2O1. The Morgan fingerprint density at radius 1 is 1.11 bits per heavy atom. The summed E-state index contributed by atoms with van der Waals surface area (Å²) in [5, 5.41) is 22.1. The number of benzene rings is 3. The number of aliphatic hydroxyl groups excluding tert-OH is 1. The van der Waals surface area contributed by atoms with Gasteiger partial charge >= 0.3 is 5.91 Å². The number of aromatic nitrogens is 1. The highest BCUT2D eigenvalue weighted by molar-refractivity contribution is 7.22. The predicted molar refractivity (Wildman–Crippen MR) is 138 cm³/mol. The molecular formula is C27H19ClN2O5S. The number of Topliss-reactive ketones (excluding diaryl/α,β-unsaturated/α-hetero) is 1. The lowest BCUT2D eigenvalue weighted by Gasteiger charge is -2.23. The van der Waals surface area contributed by atoms with Crippen LogP contribution in [0.3, 0.4) is 0 Å². The highest BCUT2D eigenvalue weighted by Gasteiger charge is 2.48. The minimum atomic E-state index is -0.940. The number of carbonyl (C=O) groups is 2. The summed E-state index contributed by atoms with van der Waals surface area (Å²) in [6.45, 7) is 1.96. The zero-order chi connectivity index (χ0) is 25.1. The number of rotatable bonds is 3. The van der Waals surface area contributed by atoms with E-state index in [2.05, 4.69) is 4.98 Å². The van der Waals surface area contributed by atoms with Crippen molar-refractivity contribution >= 4 is 55.7 Å². The van der Waals surface area contributed by atoms with Crippen LogP contribution in [-0.4, -0.2) is 33.0 Å². The van der Waals surface area contributed by atoms with Crippen LogP contribution >= 0.6 is 22.9 Å². The monoisotopic (exact) mass is 518 g/mol. The summed E-state index contributed by atoms with van der Waals surface area (Å²) in [5.74, 6) is -1.10. The number of phenols is 1. The van der Waals surface area contributed by atoms with E-state index in [-0.39, 0.29) is 23.2 Å². The van der Waals surface area contributed by atoms with E-state index in [4.69, 9.17) is 16.3 Å². The van der Waals surface area contributed by atoms with E-state index in [0.717, 1.165) is 16.0 Å². The number of halogens is 1. The van der Waals surface area contributed by atoms with Gasteiger partial charge in [0.2, 0.25) is 0 Å². The molecule has 2 aliphatic heterocycles. The fraction of sp³-hybridized carbons (Fsp3) is 0.148. The Hall–Kier alpha value is -3.88. The van der Waals surface area contributed by atoms with Gasteiger partial charge in [-0.25, -0.2) is 4.98 Å². The van der Waals surface area contributed by atoms with E-state index in [1.807, 2.05) is 6.92 Å². The smallest absolute Gasteiger partial charge is 0.301 e. The number of nitrogens with zero attached hydrogens (tertiary/aromatic N) is 2. The number of ether oxygens (including phenoxy) is 1. The lowest BCUT2D eigenvalue weighted by Crippen LogP contribution is -2.29. The average Bonchev–Trinajstić information content (AvgIpc) is 3.51. The zero-order valence-corrected chi connectivity index (χ0v) is 20.5. The standard InChI is InChI=1S/C27H19ClN2O5S/c1-13-10-16-11-15(4-9-20(16)35-13)24(32)22-23(14-2-6-18(31)7-3-14)30(26(34)25(22)33)27-29-19-8-5-17(28)12-21(19)36-27/h2-9,11-13,23,31-32H,10H2,1H3/b24-22+. The Morgan fingerprint density at radius 3 is 2.67 bits per heavy atom. The molecule has 4 aromatic rings. The third kappa shape index (κ3) is 3.61. The van der Waals surface area contributed by atoms with E-state index in [9.17, 15) is 19.8 Å². The van der Waals surface area contributed by atoms with Gasteiger partial charge in [-0.05, 0) is 66.6 Å². The van der Waals surface area contributed by atoms with Crippen molar-refractivity contribution < 1.29 is 24.5 Å². The molecule has 9 heteroatoms. The van der Waals surface area contributed by atoms with Crippen LogP contribution in [-0.2, 0) is 16.0 Å². The molecule has 1 fully saturated rings. The number of fused-ring (bicyclic) bond motifs is 2. The topological polar surface area (TPSA) is 100.0 Å². The molecule has 3 aromatic carbocycles. The number of carbonyl (C=O) groups excluding carboxylic acids is 2. The second-order valence-corrected chi connectivity index (χ2v) is 10.3. The molecule has 36 heavy (non-hydrogen) atoms. The summed E-state index contributed by atoms with van der Waals surface area (Å²) >= 11 is 7.36. The minimum Gasteiger partial charge on any atom is -0.508 e. The average molecular weight is 519 g/mol. The van der Waals surface area contributed by atoms with Crippen molar-refractivity contribution in [2.75, 3.05) is 4.90 Å². The molecule has 0 spiro atoms. The Kier molecular flexibility index (Phi) is 5.24. The molecule has 1 amide bonds. The van der Waals surface area contributed by atoms with E-state index in [1.54, 1.807) is 48.5 Å². The van der Waals surface area contributed by atoms with Crippen molar-refractivity contribution in [3.8, 4) is 11.5 Å². The molecular weight excluding hydrogens is 500 g/mol. The van der Waals surface area contributed by atoms with Crippen LogP contribution in [0.2, 0.25) is 5.02 Å². The molecule has 0 saturated carbocycles. The third-order valence-electron chi connectivity index (χ3n) is 6.37. The quantitative estimate of drug-likeness (QED) is 0.208. The molecule has 2 atom stereocenters. The second kappa shape index (κ2) is 8.36. The Bertz CT molecular complexity index is 1590. The summed E-state index contributed by atoms with van der Waals surface area (Å²) in [6, 6.07) is 15.7. The second-order valence-electron chi connectivity index (χ2n) is 8.82. The largest absolute Gasteiger partial charge is 0.508 e. The molecule has 0 bridgehead atoms. The maximum atomic E-state index is 13.4. The molecule has 3 heterocycles. The van der Waals surface area contributed by atoms with Crippen molar-refractivity contribution in [3.63, 3.8) is 0 Å². The molecule has 0 radical (unpaired) electrons. The van der Waals surface area contributed by atoms with Crippen LogP contribution < -0.4 is 9.64 Å². The van der Waals surface area contributed by atoms with Gasteiger partial charge < -0.3 is 14.9 Å². The molecule has 180 valence electrons. The van der Waals surface area contributed by atoms with Crippen LogP contribution in [0.5, 0.6) is 11.5 Å². The molecule has 6 rings (SSSR count). The Morgan fingerprint density at radius 2 is 1.89 bits per heavy atom. The third-order valence-corrected chi connectivity index (χ3v) is 7.62. The first-order valence-electron chi connectivity index (χ1n) is 11.3. The predicted octanol–water partition coefficient (Wildman–Crippen LogP) is 5.61. The molecule has 2 N–H and O–H groups in total. The van der Waals surface area contributed by atoms with Gasteiger partial charge in [0.1, 0.15) is 23.4 Å². The van der Waals surface area contributed by atoms with E-state index >= 15 is 0 Å². The number of amides is 1. The van der Waals surface area contributed by atoms with Crippen LogP contribution in [0.1, 0.15) is 29.7 Å². The molecule has 2 unspecified atom stereocenters. The first-order valence-corrected chi connectivity index (χ1v) is 12.5. The summed E-state index contributed by atoms with van der Waals surface area (Å²) < 4.78 is 6.51. The van der Waals surface area contributed by atoms with Crippen molar-refractivity contribution in [2.24, 2.45) is 0 Å². The van der Waals surface area contributed by atoms with Gasteiger partial charge in [0.15, 0.2) is 5.13 Å². The number of hydrogen-bond acceptors (Lipinski definition) is 7. The van der Waals surface area contributed by atoms with Gasteiger partial charge in [0.05, 0.1) is 21.8 Å². The van der Waals surface area contributed by atoms with E-state index in [1.165, 1.54) is 28.4 Å². The number of hydrogen-bond donors (Lipinski definition) is 2. The van der Waals surface area contributed by atoms with Gasteiger partial charge in [0, 0.05) is 17.0 Å². The van der Waals surface area contributed by atoms with E-state index in [0.29, 0.717) is 33.2 Å². The van der Waals surface area contributed by atoms with Gasteiger partial charge in [-0.3, -0.25) is 14.5 Å². The first-order chi connectivity index (χ1) is 17.3. The number of aromatic hydroxyl groups is 1. The first kappa shape index (κ1) is 22.6. The molecule has 1 saturated heterocycles. The van der Waals surface area contributed by atoms with Crippen molar-refractivity contribution in [1.82, 2.24) is 4.98 Å². The molecule has 0 aliphatic carbocycles. The van der Waals surface area contributed by atoms with Crippen LogP contribution in [0.4, 0.5) is 5.13 Å². The highest BCUT2D eigenvalue weighted by atomic mass is 35.5. The molecule has 1 aromatic heterocycles. The Labute approximate surface area is 214 Å². The normalized spacial score (nSPS) is 20.7. The van der Waals surface area contributed by atoms with Crippen molar-refractivity contribution in [3.05, 3.63) is 87.9 Å². The number of aliphatic hydroxyl groups is 1. The number of thiazole rings is 1. The van der Waals surface area contributed by atoms with Gasteiger partial charge in [0.25, 0.3) is 5.78 Å². The van der Waals surface area contributed by atoms with E-state index < -0.39 is 17.7 Å². The van der Waals surface area contributed by atoms with Gasteiger partial charge in [-0.1, -0.05) is 35.1 Å². The van der Waals surface area contributed by atoms with Crippen molar-refractivity contribution in [1.29, 1.82) is 0 Å². The maximum Gasteiger partial charge on any atom is 0.301 e. The fourth-order valence-corrected chi connectivity index (χ4v) is 5.98. The van der Waals surface area contributed by atoms with Crippen LogP contribution in [0.25, 0.3) is 16.0 Å². The number of anilines is 1. The lowest BCUT2D eigenvalue weighted by atomic mass is 9.94. The summed E-state index contributed by atoms with van der Waals surface area (Å²) in [6.07, 6.45) is 0.702. The Balaban J connectivity index is 1.53. The highest BCUT2D eigenvalue weighted by Crippen LogP contribution is 2.45. The summed E-state index contributed by atoms with van der Waals surface area (Å²) in [7, 11) is 0.